The molecule has 0 bridgehead atoms. The van der Waals surface area contributed by atoms with E-state index in [1.54, 1.807) is 0 Å². The van der Waals surface area contributed by atoms with E-state index in [1.165, 1.54) is 12.1 Å². The molecule has 0 aromatic heterocycles. The zero-order chi connectivity index (χ0) is 8.27. The lowest BCUT2D eigenvalue weighted by atomic mass is 10.3. The van der Waals surface area contributed by atoms with E-state index in [1.807, 2.05) is 5.16 Å². The first kappa shape index (κ1) is 7.98. The Hall–Kier alpha value is -1.12. The summed E-state index contributed by atoms with van der Waals surface area (Å²) >= 11 is 4.23. The number of nitrogens with zero attached hydrogens (tertiary/aromatic N) is 1. The van der Waals surface area contributed by atoms with Gasteiger partial charge in [0.2, 0.25) is 0 Å². The van der Waals surface area contributed by atoms with Crippen LogP contribution >= 0.6 is 12.2 Å². The molecule has 0 N–H and O–H groups in total. The molecule has 0 amide bonds. The number of halogens is 2. The maximum atomic E-state index is 12.6. The van der Waals surface area contributed by atoms with Crippen LogP contribution in [0.4, 0.5) is 14.5 Å². The largest absolute Gasteiger partial charge is 0.204 e. The lowest BCUT2D eigenvalue weighted by molar-refractivity contribution is 0.511. The first-order valence-corrected chi connectivity index (χ1v) is 3.18. The van der Waals surface area contributed by atoms with Gasteiger partial charge in [0.05, 0.1) is 5.16 Å². The topological polar surface area (TPSA) is 12.4 Å². The summed E-state index contributed by atoms with van der Waals surface area (Å²) in [5.74, 6) is -1.93. The summed E-state index contributed by atoms with van der Waals surface area (Å²) in [6, 6.07) is 3.68. The van der Waals surface area contributed by atoms with E-state index in [0.29, 0.717) is 0 Å². The smallest absolute Gasteiger partial charge is 0.185 e. The SMILES string of the molecule is Fc1cccc(N=C=S)c1F. The average molecular weight is 171 g/mol. The summed E-state index contributed by atoms with van der Waals surface area (Å²) in [7, 11) is 0. The molecule has 0 aliphatic rings. The van der Waals surface area contributed by atoms with E-state index < -0.39 is 11.6 Å². The minimum absolute atomic E-state index is 0.125. The first-order valence-electron chi connectivity index (χ1n) is 2.77. The Balaban J connectivity index is 3.26. The number of thiocarbonyl (C=S) groups is 1. The Kier molecular flexibility index (Phi) is 2.41. The third kappa shape index (κ3) is 1.67. The maximum absolute atomic E-state index is 12.6. The second kappa shape index (κ2) is 3.32. The van der Waals surface area contributed by atoms with Crippen molar-refractivity contribution in [3.05, 3.63) is 29.8 Å². The monoisotopic (exact) mass is 171 g/mol. The Labute approximate surface area is 67.4 Å². The molecule has 0 aliphatic heterocycles. The van der Waals surface area contributed by atoms with Crippen LogP contribution in [0.15, 0.2) is 23.2 Å². The highest BCUT2D eigenvalue weighted by atomic mass is 32.1. The van der Waals surface area contributed by atoms with Gasteiger partial charge in [-0.25, -0.2) is 8.78 Å². The van der Waals surface area contributed by atoms with Crippen molar-refractivity contribution in [1.29, 1.82) is 0 Å². The van der Waals surface area contributed by atoms with Crippen molar-refractivity contribution in [2.24, 2.45) is 4.99 Å². The van der Waals surface area contributed by atoms with Crippen molar-refractivity contribution in [2.45, 2.75) is 0 Å². The predicted molar refractivity (Wildman–Crippen MR) is 41.0 cm³/mol. The Morgan fingerprint density at radius 1 is 1.36 bits per heavy atom. The molecule has 1 rings (SSSR count). The molecule has 0 fully saturated rings. The molecule has 11 heavy (non-hydrogen) atoms. The van der Waals surface area contributed by atoms with Gasteiger partial charge in [0.15, 0.2) is 11.6 Å². The van der Waals surface area contributed by atoms with E-state index in [2.05, 4.69) is 17.2 Å². The van der Waals surface area contributed by atoms with Crippen molar-refractivity contribution in [3.63, 3.8) is 0 Å². The van der Waals surface area contributed by atoms with Gasteiger partial charge < -0.3 is 0 Å². The zero-order valence-electron chi connectivity index (χ0n) is 5.34. The molecule has 1 nitrogen and oxygen atoms in total. The van der Waals surface area contributed by atoms with Crippen LogP contribution in [0.5, 0.6) is 0 Å². The fourth-order valence-corrected chi connectivity index (χ4v) is 0.726. The Morgan fingerprint density at radius 2 is 2.09 bits per heavy atom. The third-order valence-electron chi connectivity index (χ3n) is 1.10. The summed E-state index contributed by atoms with van der Waals surface area (Å²) < 4.78 is 25.0. The van der Waals surface area contributed by atoms with Gasteiger partial charge >= 0.3 is 0 Å². The van der Waals surface area contributed by atoms with E-state index in [0.717, 1.165) is 6.07 Å². The average Bonchev–Trinajstić information content (AvgIpc) is 1.99. The number of hydrogen-bond acceptors (Lipinski definition) is 2. The van der Waals surface area contributed by atoms with Crippen molar-refractivity contribution in [1.82, 2.24) is 0 Å². The van der Waals surface area contributed by atoms with Crippen LogP contribution in [0.2, 0.25) is 0 Å². The molecule has 0 radical (unpaired) electrons. The van der Waals surface area contributed by atoms with Crippen LogP contribution in [0.25, 0.3) is 0 Å². The highest BCUT2D eigenvalue weighted by Gasteiger charge is 2.04. The zero-order valence-corrected chi connectivity index (χ0v) is 6.16. The fraction of sp³-hybridized carbons (Fsp3) is 0. The van der Waals surface area contributed by atoms with Gasteiger partial charge in [-0.05, 0) is 24.4 Å². The van der Waals surface area contributed by atoms with Crippen LogP contribution in [-0.2, 0) is 0 Å². The molecule has 0 atom stereocenters. The standard InChI is InChI=1S/C7H3F2NS/c8-5-2-1-3-6(7(5)9)10-4-11/h1-3H. The summed E-state index contributed by atoms with van der Waals surface area (Å²) in [5, 5.41) is 1.95. The van der Waals surface area contributed by atoms with E-state index in [4.69, 9.17) is 0 Å². The van der Waals surface area contributed by atoms with Crippen molar-refractivity contribution >= 4 is 23.1 Å². The second-order valence-corrected chi connectivity index (χ2v) is 1.96. The summed E-state index contributed by atoms with van der Waals surface area (Å²) in [6.07, 6.45) is 0. The van der Waals surface area contributed by atoms with Crippen LogP contribution in [0.1, 0.15) is 0 Å². The Bertz CT molecular complexity index is 318. The summed E-state index contributed by atoms with van der Waals surface area (Å²) in [5.41, 5.74) is -0.125. The molecular formula is C7H3F2NS. The maximum Gasteiger partial charge on any atom is 0.185 e. The predicted octanol–water partition coefficient (Wildman–Crippen LogP) is 2.70. The Morgan fingerprint density at radius 3 is 2.73 bits per heavy atom. The normalized spacial score (nSPS) is 8.91. The molecule has 0 aliphatic carbocycles. The molecule has 0 saturated heterocycles. The minimum atomic E-state index is -0.996. The molecule has 0 spiro atoms. The van der Waals surface area contributed by atoms with E-state index >= 15 is 0 Å². The number of hydrogen-bond donors (Lipinski definition) is 0. The van der Waals surface area contributed by atoms with Crippen LogP contribution in [-0.4, -0.2) is 5.16 Å². The number of isothiocyanates is 1. The lowest BCUT2D eigenvalue weighted by Gasteiger charge is -1.93. The molecule has 0 saturated carbocycles. The number of aliphatic imine (C=N–C) groups is 1. The van der Waals surface area contributed by atoms with E-state index in [-0.39, 0.29) is 5.69 Å². The van der Waals surface area contributed by atoms with E-state index in [9.17, 15) is 8.78 Å². The van der Waals surface area contributed by atoms with Gasteiger partial charge in [-0.3, -0.25) is 0 Å². The van der Waals surface area contributed by atoms with Gasteiger partial charge in [0, 0.05) is 0 Å². The molecule has 4 heteroatoms. The lowest BCUT2D eigenvalue weighted by Crippen LogP contribution is -1.81. The van der Waals surface area contributed by atoms with Crippen LogP contribution in [0, 0.1) is 11.6 Å². The van der Waals surface area contributed by atoms with Crippen molar-refractivity contribution < 1.29 is 8.78 Å². The van der Waals surface area contributed by atoms with Crippen molar-refractivity contribution in [3.8, 4) is 0 Å². The molecule has 1 aromatic carbocycles. The summed E-state index contributed by atoms with van der Waals surface area (Å²) in [4.78, 5) is 3.32. The quantitative estimate of drug-likeness (QED) is 0.467. The summed E-state index contributed by atoms with van der Waals surface area (Å²) in [6.45, 7) is 0. The van der Waals surface area contributed by atoms with Crippen LogP contribution in [0.3, 0.4) is 0 Å². The number of rotatable bonds is 1. The molecule has 0 heterocycles. The van der Waals surface area contributed by atoms with Gasteiger partial charge in [-0.2, -0.15) is 4.99 Å². The highest BCUT2D eigenvalue weighted by molar-refractivity contribution is 7.78. The van der Waals surface area contributed by atoms with Gasteiger partial charge in [0.1, 0.15) is 5.69 Å². The number of benzene rings is 1. The molecule has 1 aromatic rings. The van der Waals surface area contributed by atoms with Gasteiger partial charge in [-0.15, -0.1) is 0 Å². The molecular weight excluding hydrogens is 168 g/mol. The van der Waals surface area contributed by atoms with Crippen LogP contribution < -0.4 is 0 Å². The second-order valence-electron chi connectivity index (χ2n) is 1.78. The fourth-order valence-electron chi connectivity index (χ4n) is 0.628. The molecule has 56 valence electrons. The third-order valence-corrected chi connectivity index (χ3v) is 1.19. The van der Waals surface area contributed by atoms with Crippen molar-refractivity contribution in [2.75, 3.05) is 0 Å². The highest BCUT2D eigenvalue weighted by Crippen LogP contribution is 2.18. The van der Waals surface area contributed by atoms with Gasteiger partial charge in [0.25, 0.3) is 0 Å². The first-order chi connectivity index (χ1) is 5.25. The minimum Gasteiger partial charge on any atom is -0.204 e. The molecule has 0 unspecified atom stereocenters. The van der Waals surface area contributed by atoms with Gasteiger partial charge in [-0.1, -0.05) is 6.07 Å².